The molecule has 0 fully saturated rings. The summed E-state index contributed by atoms with van der Waals surface area (Å²) in [5, 5.41) is 2.22. The van der Waals surface area contributed by atoms with Crippen LogP contribution in [0.3, 0.4) is 0 Å². The van der Waals surface area contributed by atoms with E-state index in [9.17, 15) is 0 Å². The van der Waals surface area contributed by atoms with E-state index in [4.69, 9.17) is 6.85 Å². The second-order valence-electron chi connectivity index (χ2n) is 13.4. The molecule has 0 aliphatic heterocycles. The van der Waals surface area contributed by atoms with Crippen LogP contribution in [0.25, 0.3) is 55.3 Å². The summed E-state index contributed by atoms with van der Waals surface area (Å²) >= 11 is 0. The number of anilines is 3. The second kappa shape index (κ2) is 12.1. The van der Waals surface area contributed by atoms with Gasteiger partial charge in [0, 0.05) is 22.2 Å². The van der Waals surface area contributed by atoms with Crippen LogP contribution in [0.4, 0.5) is 17.1 Å². The fourth-order valence-corrected chi connectivity index (χ4v) is 7.64. The Hall–Kier alpha value is -6.18. The van der Waals surface area contributed by atoms with Crippen LogP contribution < -0.4 is 4.90 Å². The van der Waals surface area contributed by atoms with Gasteiger partial charge in [-0.15, -0.1) is 0 Å². The Morgan fingerprint density at radius 3 is 1.72 bits per heavy atom. The van der Waals surface area contributed by atoms with E-state index >= 15 is 0 Å². The lowest BCUT2D eigenvalue weighted by molar-refractivity contribution is 0.660. The standard InChI is InChI=1S/C49H37N/c1-49(2)46-21-10-9-17-43(46)44-32-27-38(33-47(44)49)41-18-11-20-45-42(41)19-12-22-48(45)50(39-28-23-36(24-29-39)34-13-5-3-6-14-34)40-30-25-37(26-31-40)35-15-7-4-8-16-35/h3-33H,1-2H3/i3D,5D,6D,13D,14D. The van der Waals surface area contributed by atoms with Crippen molar-refractivity contribution in [1.82, 2.24) is 0 Å². The first-order chi connectivity index (χ1) is 26.6. The van der Waals surface area contributed by atoms with E-state index in [2.05, 4.69) is 134 Å². The van der Waals surface area contributed by atoms with Crippen LogP contribution in [0.2, 0.25) is 0 Å². The van der Waals surface area contributed by atoms with Gasteiger partial charge in [0.05, 0.1) is 12.5 Å². The summed E-state index contributed by atoms with van der Waals surface area (Å²) in [6.45, 7) is 4.62. The van der Waals surface area contributed by atoms with Crippen molar-refractivity contribution in [2.75, 3.05) is 4.90 Å². The summed E-state index contributed by atoms with van der Waals surface area (Å²) in [5.41, 5.74) is 13.3. The normalized spacial score (nSPS) is 14.2. The maximum absolute atomic E-state index is 8.57. The first-order valence-corrected chi connectivity index (χ1v) is 17.0. The monoisotopic (exact) mass is 644 g/mol. The minimum atomic E-state index is -0.399. The maximum Gasteiger partial charge on any atom is 0.0629 e. The minimum absolute atomic E-state index is 0.109. The topological polar surface area (TPSA) is 3.24 Å². The fourth-order valence-electron chi connectivity index (χ4n) is 7.64. The van der Waals surface area contributed by atoms with Gasteiger partial charge in [0.2, 0.25) is 0 Å². The van der Waals surface area contributed by atoms with Gasteiger partial charge < -0.3 is 4.90 Å². The van der Waals surface area contributed by atoms with Crippen LogP contribution in [-0.4, -0.2) is 0 Å². The molecule has 1 nitrogen and oxygen atoms in total. The van der Waals surface area contributed by atoms with E-state index in [1.165, 1.54) is 27.8 Å². The number of fused-ring (bicyclic) bond motifs is 4. The first-order valence-electron chi connectivity index (χ1n) is 19.5. The molecule has 8 aromatic carbocycles. The first kappa shape index (κ1) is 24.9. The third-order valence-corrected chi connectivity index (χ3v) is 10.2. The SMILES string of the molecule is [2H]c1c([2H])c([2H])c(-c2ccc(N(c3ccc(-c4ccccc4)cc3)c3cccc4c(-c5ccc6c(c5)C(C)(C)c5ccccc5-6)cccc34)cc2)c([2H])c1[2H]. The Morgan fingerprint density at radius 2 is 0.980 bits per heavy atom. The number of hydrogen-bond acceptors (Lipinski definition) is 1. The number of hydrogen-bond donors (Lipinski definition) is 0. The molecular formula is C49H37N. The average Bonchev–Trinajstić information content (AvgIpc) is 3.45. The van der Waals surface area contributed by atoms with Gasteiger partial charge in [0.15, 0.2) is 0 Å². The van der Waals surface area contributed by atoms with Crippen LogP contribution >= 0.6 is 0 Å². The van der Waals surface area contributed by atoms with Crippen molar-refractivity contribution in [3.8, 4) is 44.5 Å². The molecule has 0 bridgehead atoms. The molecule has 0 amide bonds. The zero-order chi connectivity index (χ0) is 38.0. The zero-order valence-electron chi connectivity index (χ0n) is 33.0. The summed E-state index contributed by atoms with van der Waals surface area (Å²) in [4.78, 5) is 2.23. The van der Waals surface area contributed by atoms with E-state index in [0.29, 0.717) is 5.56 Å². The highest BCUT2D eigenvalue weighted by atomic mass is 15.1. The van der Waals surface area contributed by atoms with Crippen LogP contribution in [0.1, 0.15) is 31.8 Å². The van der Waals surface area contributed by atoms with E-state index in [0.717, 1.165) is 44.5 Å². The van der Waals surface area contributed by atoms with Crippen molar-refractivity contribution in [2.24, 2.45) is 0 Å². The predicted molar refractivity (Wildman–Crippen MR) is 213 cm³/mol. The lowest BCUT2D eigenvalue weighted by atomic mass is 9.81. The van der Waals surface area contributed by atoms with Crippen LogP contribution in [-0.2, 0) is 5.41 Å². The Labute approximate surface area is 301 Å². The second-order valence-corrected chi connectivity index (χ2v) is 13.4. The molecule has 0 atom stereocenters. The van der Waals surface area contributed by atoms with Crippen molar-refractivity contribution in [3.63, 3.8) is 0 Å². The highest BCUT2D eigenvalue weighted by molar-refractivity contribution is 6.06. The summed E-state index contributed by atoms with van der Waals surface area (Å²) in [6, 6.07) is 53.5. The van der Waals surface area contributed by atoms with Gasteiger partial charge in [0.25, 0.3) is 0 Å². The van der Waals surface area contributed by atoms with Crippen molar-refractivity contribution in [3.05, 3.63) is 199 Å². The molecule has 8 aromatic rings. The molecule has 0 radical (unpaired) electrons. The van der Waals surface area contributed by atoms with Gasteiger partial charge in [0.1, 0.15) is 0 Å². The van der Waals surface area contributed by atoms with Crippen molar-refractivity contribution in [1.29, 1.82) is 0 Å². The predicted octanol–water partition coefficient (Wildman–Crippen LogP) is 13.6. The summed E-state index contributed by atoms with van der Waals surface area (Å²) in [6.07, 6.45) is 0. The lowest BCUT2D eigenvalue weighted by Crippen LogP contribution is -2.14. The molecule has 0 saturated carbocycles. The minimum Gasteiger partial charge on any atom is -0.310 e. The Morgan fingerprint density at radius 1 is 0.420 bits per heavy atom. The maximum atomic E-state index is 8.57. The highest BCUT2D eigenvalue weighted by Gasteiger charge is 2.35. The Bertz CT molecular complexity index is 2740. The summed E-state index contributed by atoms with van der Waals surface area (Å²) in [7, 11) is 0. The molecule has 9 rings (SSSR count). The van der Waals surface area contributed by atoms with Crippen molar-refractivity contribution in [2.45, 2.75) is 19.3 Å². The summed E-state index contributed by atoms with van der Waals surface area (Å²) < 4.78 is 41.6. The van der Waals surface area contributed by atoms with Crippen LogP contribution in [0, 0.1) is 0 Å². The van der Waals surface area contributed by atoms with Gasteiger partial charge in [-0.2, -0.15) is 0 Å². The lowest BCUT2D eigenvalue weighted by Gasteiger charge is -2.28. The van der Waals surface area contributed by atoms with E-state index < -0.39 is 6.04 Å². The molecule has 1 heteroatoms. The van der Waals surface area contributed by atoms with Gasteiger partial charge in [-0.05, 0) is 97.4 Å². The molecule has 0 saturated heterocycles. The van der Waals surface area contributed by atoms with Crippen molar-refractivity contribution >= 4 is 27.8 Å². The molecule has 1 aliphatic carbocycles. The molecule has 238 valence electrons. The largest absolute Gasteiger partial charge is 0.310 e. The van der Waals surface area contributed by atoms with Gasteiger partial charge in [-0.25, -0.2) is 0 Å². The van der Waals surface area contributed by atoms with E-state index in [-0.39, 0.29) is 35.1 Å². The average molecular weight is 645 g/mol. The van der Waals surface area contributed by atoms with Crippen LogP contribution in [0.5, 0.6) is 0 Å². The molecular weight excluding hydrogens is 603 g/mol. The molecule has 0 N–H and O–H groups in total. The third-order valence-electron chi connectivity index (χ3n) is 10.2. The third kappa shape index (κ3) is 5.02. The Balaban J connectivity index is 1.19. The molecule has 50 heavy (non-hydrogen) atoms. The quantitative estimate of drug-likeness (QED) is 0.174. The van der Waals surface area contributed by atoms with Crippen LogP contribution in [0.15, 0.2) is 188 Å². The molecule has 0 unspecified atom stereocenters. The van der Waals surface area contributed by atoms with Gasteiger partial charge in [-0.1, -0.05) is 165 Å². The number of benzene rings is 8. The molecule has 0 spiro atoms. The fraction of sp³-hybridized carbons (Fsp3) is 0.0612. The van der Waals surface area contributed by atoms with Crippen molar-refractivity contribution < 1.29 is 6.85 Å². The summed E-state index contributed by atoms with van der Waals surface area (Å²) in [5.74, 6) is 0. The molecule has 0 heterocycles. The van der Waals surface area contributed by atoms with Gasteiger partial charge >= 0.3 is 0 Å². The Kier molecular flexibility index (Phi) is 6.00. The number of rotatable bonds is 6. The highest BCUT2D eigenvalue weighted by Crippen LogP contribution is 2.50. The zero-order valence-corrected chi connectivity index (χ0v) is 28.0. The van der Waals surface area contributed by atoms with E-state index in [1.54, 1.807) is 0 Å². The van der Waals surface area contributed by atoms with Gasteiger partial charge in [-0.3, -0.25) is 0 Å². The van der Waals surface area contributed by atoms with E-state index in [1.807, 2.05) is 42.5 Å². The number of nitrogens with zero attached hydrogens (tertiary/aromatic N) is 1. The molecule has 0 aromatic heterocycles. The smallest absolute Gasteiger partial charge is 0.0629 e. The molecule has 1 aliphatic rings.